The van der Waals surface area contributed by atoms with Gasteiger partial charge in [0.25, 0.3) is 5.82 Å². The maximum absolute atomic E-state index is 12.2. The number of nitrogens with zero attached hydrogens (tertiary/aromatic N) is 2. The lowest BCUT2D eigenvalue weighted by Gasteiger charge is -2.33. The average molecular weight is 351 g/mol. The molecule has 8 heteroatoms. The molecule has 1 aromatic rings. The van der Waals surface area contributed by atoms with Crippen LogP contribution in [0.2, 0.25) is 0 Å². The molecule has 0 saturated carbocycles. The molecule has 0 aliphatic carbocycles. The lowest BCUT2D eigenvalue weighted by Crippen LogP contribution is -2.48. The van der Waals surface area contributed by atoms with Gasteiger partial charge in [-0.1, -0.05) is 0 Å². The first-order valence-electron chi connectivity index (χ1n) is 8.26. The average Bonchev–Trinajstić information content (AvgIpc) is 2.54. The summed E-state index contributed by atoms with van der Waals surface area (Å²) < 4.78 is 10.7. The molecule has 25 heavy (non-hydrogen) atoms. The van der Waals surface area contributed by atoms with Gasteiger partial charge in [-0.2, -0.15) is 0 Å². The largest absolute Gasteiger partial charge is 0.711 e. The Morgan fingerprint density at radius 2 is 2.12 bits per heavy atom. The second-order valence-electron chi connectivity index (χ2n) is 7.00. The van der Waals surface area contributed by atoms with Crippen LogP contribution >= 0.6 is 0 Å². The number of anilines is 1. The maximum atomic E-state index is 12.2. The van der Waals surface area contributed by atoms with Crippen molar-refractivity contribution in [2.75, 3.05) is 25.5 Å². The first-order valence-corrected chi connectivity index (χ1v) is 8.26. The van der Waals surface area contributed by atoms with Gasteiger partial charge >= 0.3 is 12.1 Å². The van der Waals surface area contributed by atoms with Crippen molar-refractivity contribution in [2.24, 2.45) is 0 Å². The van der Waals surface area contributed by atoms with E-state index < -0.39 is 11.6 Å². The number of piperidine rings is 1. The molecule has 0 radical (unpaired) electrons. The van der Waals surface area contributed by atoms with E-state index in [0.29, 0.717) is 17.8 Å². The molecule has 2 rings (SSSR count). The van der Waals surface area contributed by atoms with Gasteiger partial charge in [0.1, 0.15) is 17.2 Å². The van der Waals surface area contributed by atoms with Crippen molar-refractivity contribution in [2.45, 2.75) is 45.3 Å². The minimum atomic E-state index is -0.590. The Bertz CT molecular complexity index is 642. The van der Waals surface area contributed by atoms with E-state index in [1.807, 2.05) is 20.8 Å². The molecule has 8 nitrogen and oxygen atoms in total. The standard InChI is InChI=1S/C17H25N3O5/c1-17(2,3)25-16(22)19-9-5-7-12(11-19)18-14-13(15(21)24-4)8-6-10-20(14)23/h6,8,10,12,18H,5,7,9,11H2,1-4H3/t12-/m1/s1. The van der Waals surface area contributed by atoms with E-state index >= 15 is 0 Å². The smallest absolute Gasteiger partial charge is 0.410 e. The number of pyridine rings is 1. The summed E-state index contributed by atoms with van der Waals surface area (Å²) in [5.74, 6) is -0.460. The van der Waals surface area contributed by atoms with E-state index in [9.17, 15) is 14.8 Å². The number of rotatable bonds is 3. The molecule has 1 aromatic heterocycles. The molecular weight excluding hydrogens is 326 g/mol. The molecule has 1 N–H and O–H groups in total. The third-order valence-electron chi connectivity index (χ3n) is 3.78. The molecule has 2 heterocycles. The third kappa shape index (κ3) is 4.98. The summed E-state index contributed by atoms with van der Waals surface area (Å²) in [6.07, 6.45) is 2.48. The summed E-state index contributed by atoms with van der Waals surface area (Å²) in [4.78, 5) is 25.7. The Balaban J connectivity index is 2.11. The van der Waals surface area contributed by atoms with Crippen LogP contribution in [0, 0.1) is 5.21 Å². The van der Waals surface area contributed by atoms with Crippen molar-refractivity contribution in [3.8, 4) is 0 Å². The zero-order valence-corrected chi connectivity index (χ0v) is 15.1. The molecule has 1 aliphatic rings. The van der Waals surface area contributed by atoms with Crippen LogP contribution in [0.15, 0.2) is 18.3 Å². The summed E-state index contributed by atoms with van der Waals surface area (Å²) in [5.41, 5.74) is -0.401. The summed E-state index contributed by atoms with van der Waals surface area (Å²) in [7, 11) is 1.26. The summed E-state index contributed by atoms with van der Waals surface area (Å²) >= 11 is 0. The summed E-state index contributed by atoms with van der Waals surface area (Å²) in [6, 6.07) is 2.85. The molecule has 1 saturated heterocycles. The SMILES string of the molecule is COC(=O)c1ccc[n+]([O-])c1N[C@@H]1CCCN(C(=O)OC(C)(C)C)C1. The highest BCUT2D eigenvalue weighted by molar-refractivity contribution is 5.93. The molecule has 0 unspecified atom stereocenters. The van der Waals surface area contributed by atoms with Gasteiger partial charge in [0, 0.05) is 6.54 Å². The van der Waals surface area contributed by atoms with Crippen LogP contribution in [0.4, 0.5) is 10.6 Å². The van der Waals surface area contributed by atoms with Crippen molar-refractivity contribution in [1.29, 1.82) is 0 Å². The van der Waals surface area contributed by atoms with E-state index in [0.717, 1.165) is 12.8 Å². The van der Waals surface area contributed by atoms with Gasteiger partial charge < -0.3 is 19.6 Å². The van der Waals surface area contributed by atoms with Crippen molar-refractivity contribution >= 4 is 17.9 Å². The second kappa shape index (κ2) is 7.58. The normalized spacial score (nSPS) is 17.8. The Morgan fingerprint density at radius 3 is 2.76 bits per heavy atom. The molecular formula is C17H25N3O5. The first-order chi connectivity index (χ1) is 11.7. The molecule has 0 bridgehead atoms. The van der Waals surface area contributed by atoms with Crippen LogP contribution in [-0.4, -0.2) is 48.8 Å². The highest BCUT2D eigenvalue weighted by atomic mass is 16.6. The van der Waals surface area contributed by atoms with Crippen LogP contribution in [0.25, 0.3) is 0 Å². The van der Waals surface area contributed by atoms with Gasteiger partial charge in [-0.3, -0.25) is 5.32 Å². The number of aromatic nitrogens is 1. The fourth-order valence-corrected chi connectivity index (χ4v) is 2.69. The monoisotopic (exact) mass is 351 g/mol. The predicted octanol–water partition coefficient (Wildman–Crippen LogP) is 1.92. The number of methoxy groups -OCH3 is 1. The number of amides is 1. The van der Waals surface area contributed by atoms with Gasteiger partial charge in [-0.25, -0.2) is 14.3 Å². The van der Waals surface area contributed by atoms with E-state index in [2.05, 4.69) is 5.32 Å². The number of likely N-dealkylation sites (tertiary alicyclic amines) is 1. The molecule has 0 aromatic carbocycles. The maximum Gasteiger partial charge on any atom is 0.410 e. The molecule has 0 spiro atoms. The predicted molar refractivity (Wildman–Crippen MR) is 91.2 cm³/mol. The highest BCUT2D eigenvalue weighted by Crippen LogP contribution is 2.19. The van der Waals surface area contributed by atoms with E-state index in [4.69, 9.17) is 9.47 Å². The van der Waals surface area contributed by atoms with Gasteiger partial charge in [-0.15, -0.1) is 0 Å². The van der Waals surface area contributed by atoms with Gasteiger partial charge in [0.15, 0.2) is 0 Å². The number of carbonyl (C=O) groups excluding carboxylic acids is 2. The number of hydrogen-bond donors (Lipinski definition) is 1. The number of esters is 1. The summed E-state index contributed by atoms with van der Waals surface area (Å²) in [6.45, 7) is 6.44. The molecule has 1 atom stereocenters. The van der Waals surface area contributed by atoms with Crippen LogP contribution < -0.4 is 10.0 Å². The zero-order valence-electron chi connectivity index (χ0n) is 15.1. The lowest BCUT2D eigenvalue weighted by atomic mass is 10.1. The van der Waals surface area contributed by atoms with E-state index in [-0.39, 0.29) is 23.5 Å². The number of ether oxygens (including phenoxy) is 2. The zero-order chi connectivity index (χ0) is 18.6. The molecule has 1 amide bonds. The highest BCUT2D eigenvalue weighted by Gasteiger charge is 2.31. The van der Waals surface area contributed by atoms with Gasteiger partial charge in [-0.05, 0) is 45.7 Å². The minimum Gasteiger partial charge on any atom is -0.711 e. The van der Waals surface area contributed by atoms with Gasteiger partial charge in [0.05, 0.1) is 19.9 Å². The van der Waals surface area contributed by atoms with Crippen LogP contribution in [0.5, 0.6) is 0 Å². The third-order valence-corrected chi connectivity index (χ3v) is 3.78. The second-order valence-corrected chi connectivity index (χ2v) is 7.00. The van der Waals surface area contributed by atoms with Crippen molar-refractivity contribution in [1.82, 2.24) is 4.90 Å². The van der Waals surface area contributed by atoms with Gasteiger partial charge in [0.2, 0.25) is 0 Å². The lowest BCUT2D eigenvalue weighted by molar-refractivity contribution is -0.590. The van der Waals surface area contributed by atoms with Crippen LogP contribution in [-0.2, 0) is 9.47 Å². The molecule has 1 fully saturated rings. The minimum absolute atomic E-state index is 0.130. The topological polar surface area (TPSA) is 94.8 Å². The van der Waals surface area contributed by atoms with Crippen LogP contribution in [0.3, 0.4) is 0 Å². The fourth-order valence-electron chi connectivity index (χ4n) is 2.69. The van der Waals surface area contributed by atoms with Crippen LogP contribution in [0.1, 0.15) is 44.0 Å². The van der Waals surface area contributed by atoms with E-state index in [1.54, 1.807) is 4.90 Å². The molecule has 1 aliphatic heterocycles. The molecule has 138 valence electrons. The Kier molecular flexibility index (Phi) is 5.71. The van der Waals surface area contributed by atoms with Crippen molar-refractivity contribution in [3.05, 3.63) is 29.1 Å². The fraction of sp³-hybridized carbons (Fsp3) is 0.588. The summed E-state index contributed by atoms with van der Waals surface area (Å²) in [5, 5.41) is 15.2. The number of carbonyl (C=O) groups is 2. The quantitative estimate of drug-likeness (QED) is 0.508. The first kappa shape index (κ1) is 18.8. The van der Waals surface area contributed by atoms with E-state index in [1.165, 1.54) is 25.4 Å². The number of hydrogen-bond acceptors (Lipinski definition) is 6. The Labute approximate surface area is 147 Å². The Morgan fingerprint density at radius 1 is 1.40 bits per heavy atom. The van der Waals surface area contributed by atoms with Crippen molar-refractivity contribution < 1.29 is 23.8 Å². The Hall–Kier alpha value is -2.51. The van der Waals surface area contributed by atoms with Crippen molar-refractivity contribution in [3.63, 3.8) is 0 Å². The number of nitrogens with one attached hydrogen (secondary N) is 1.